The van der Waals surface area contributed by atoms with E-state index < -0.39 is 21.7 Å². The van der Waals surface area contributed by atoms with Crippen molar-refractivity contribution in [1.29, 1.82) is 0 Å². The molecular formula is C12H16ClF2NO2S. The molecule has 0 unspecified atom stereocenters. The minimum Gasteiger partial charge on any atom is -0.212 e. The van der Waals surface area contributed by atoms with E-state index in [2.05, 4.69) is 0 Å². The molecule has 0 aromatic heterocycles. The Labute approximate surface area is 117 Å². The van der Waals surface area contributed by atoms with Gasteiger partial charge in [0.15, 0.2) is 11.6 Å². The van der Waals surface area contributed by atoms with Gasteiger partial charge in [-0.25, -0.2) is 17.2 Å². The molecule has 0 saturated carbocycles. The van der Waals surface area contributed by atoms with Gasteiger partial charge in [0.1, 0.15) is 0 Å². The normalized spacial score (nSPS) is 12.1. The van der Waals surface area contributed by atoms with Crippen LogP contribution in [0.2, 0.25) is 0 Å². The summed E-state index contributed by atoms with van der Waals surface area (Å²) in [4.78, 5) is 0. The van der Waals surface area contributed by atoms with Crippen molar-refractivity contribution < 1.29 is 17.2 Å². The minimum absolute atomic E-state index is 0.0261. The van der Waals surface area contributed by atoms with Crippen LogP contribution in [0.5, 0.6) is 0 Å². The zero-order chi connectivity index (χ0) is 14.5. The predicted molar refractivity (Wildman–Crippen MR) is 71.6 cm³/mol. The molecule has 0 aliphatic carbocycles. The third-order valence-corrected chi connectivity index (χ3v) is 4.87. The number of hydrogen-bond donors (Lipinski definition) is 0. The van der Waals surface area contributed by atoms with E-state index in [0.29, 0.717) is 12.0 Å². The molecule has 0 N–H and O–H groups in total. The zero-order valence-corrected chi connectivity index (χ0v) is 12.1. The molecule has 3 nitrogen and oxygen atoms in total. The van der Waals surface area contributed by atoms with E-state index >= 15 is 0 Å². The quantitative estimate of drug-likeness (QED) is 0.726. The van der Waals surface area contributed by atoms with E-state index in [9.17, 15) is 17.2 Å². The van der Waals surface area contributed by atoms with Crippen molar-refractivity contribution >= 4 is 21.6 Å². The Morgan fingerprint density at radius 3 is 2.47 bits per heavy atom. The molecule has 0 heterocycles. The maximum atomic E-state index is 13.1. The number of halogens is 3. The second-order valence-electron chi connectivity index (χ2n) is 4.03. The summed E-state index contributed by atoms with van der Waals surface area (Å²) in [6.45, 7) is 1.99. The summed E-state index contributed by atoms with van der Waals surface area (Å²) < 4.78 is 51.1. The van der Waals surface area contributed by atoms with Crippen LogP contribution in [0.15, 0.2) is 18.2 Å². The molecule has 0 atom stereocenters. The summed E-state index contributed by atoms with van der Waals surface area (Å²) in [5.41, 5.74) is 0.412. The van der Waals surface area contributed by atoms with Crippen LogP contribution in [-0.4, -0.2) is 30.9 Å². The second kappa shape index (κ2) is 7.17. The highest BCUT2D eigenvalue weighted by Crippen LogP contribution is 2.14. The Balaban J connectivity index is 2.84. The molecule has 0 amide bonds. The highest BCUT2D eigenvalue weighted by atomic mass is 35.5. The van der Waals surface area contributed by atoms with E-state index in [1.807, 2.05) is 0 Å². The lowest BCUT2D eigenvalue weighted by atomic mass is 10.2. The number of sulfonamides is 1. The van der Waals surface area contributed by atoms with Gasteiger partial charge in [-0.1, -0.05) is 13.0 Å². The summed E-state index contributed by atoms with van der Waals surface area (Å²) in [6.07, 6.45) is 0.359. The van der Waals surface area contributed by atoms with Crippen LogP contribution < -0.4 is 0 Å². The predicted octanol–water partition coefficient (Wildman–Crippen LogP) is 2.75. The maximum absolute atomic E-state index is 13.1. The van der Waals surface area contributed by atoms with Gasteiger partial charge in [0.25, 0.3) is 0 Å². The van der Waals surface area contributed by atoms with E-state index in [1.165, 1.54) is 10.4 Å². The first-order chi connectivity index (χ1) is 8.90. The third kappa shape index (κ3) is 4.71. The first-order valence-electron chi connectivity index (χ1n) is 5.88. The molecule has 0 radical (unpaired) electrons. The maximum Gasteiger partial charge on any atom is 0.214 e. The molecule has 0 saturated heterocycles. The van der Waals surface area contributed by atoms with Gasteiger partial charge in [-0.3, -0.25) is 0 Å². The highest BCUT2D eigenvalue weighted by molar-refractivity contribution is 7.89. The summed E-state index contributed by atoms with van der Waals surface area (Å²) in [5, 5.41) is 0. The molecule has 1 aromatic carbocycles. The molecule has 0 aliphatic rings. The van der Waals surface area contributed by atoms with Crippen LogP contribution in [-0.2, 0) is 16.6 Å². The van der Waals surface area contributed by atoms with Crippen LogP contribution in [0, 0.1) is 11.6 Å². The fraction of sp³-hybridized carbons (Fsp3) is 0.500. The fourth-order valence-corrected chi connectivity index (χ4v) is 3.41. The number of rotatable bonds is 7. The molecule has 0 fully saturated rings. The SMILES string of the molecule is CCN(Cc1ccc(F)c(F)c1)S(=O)(=O)CCCCl. The summed E-state index contributed by atoms with van der Waals surface area (Å²) >= 11 is 5.48. The Morgan fingerprint density at radius 2 is 1.95 bits per heavy atom. The van der Waals surface area contributed by atoms with Crippen LogP contribution in [0.3, 0.4) is 0 Å². The Kier molecular flexibility index (Phi) is 6.16. The summed E-state index contributed by atoms with van der Waals surface area (Å²) in [7, 11) is -3.42. The van der Waals surface area contributed by atoms with Gasteiger partial charge in [0, 0.05) is 19.0 Å². The number of nitrogens with zero attached hydrogens (tertiary/aromatic N) is 1. The molecule has 19 heavy (non-hydrogen) atoms. The van der Waals surface area contributed by atoms with Crippen molar-refractivity contribution in [1.82, 2.24) is 4.31 Å². The molecule has 1 aromatic rings. The standard InChI is InChI=1S/C12H16ClF2NO2S/c1-2-16(19(17,18)7-3-6-13)9-10-4-5-11(14)12(15)8-10/h4-5,8H,2-3,6-7,9H2,1H3. The Hall–Kier alpha value is -0.720. The van der Waals surface area contributed by atoms with Gasteiger partial charge in [0.2, 0.25) is 10.0 Å². The number of benzene rings is 1. The van der Waals surface area contributed by atoms with Crippen LogP contribution in [0.4, 0.5) is 8.78 Å². The van der Waals surface area contributed by atoms with Gasteiger partial charge in [-0.05, 0) is 24.1 Å². The molecule has 1 rings (SSSR count). The Bertz CT molecular complexity index is 522. The van der Waals surface area contributed by atoms with Gasteiger partial charge in [-0.15, -0.1) is 11.6 Å². The van der Waals surface area contributed by atoms with E-state index in [0.717, 1.165) is 12.1 Å². The van der Waals surface area contributed by atoms with E-state index in [-0.39, 0.29) is 24.7 Å². The second-order valence-corrected chi connectivity index (χ2v) is 6.50. The number of hydrogen-bond acceptors (Lipinski definition) is 2. The van der Waals surface area contributed by atoms with Crippen LogP contribution in [0.1, 0.15) is 18.9 Å². The van der Waals surface area contributed by atoms with Crippen molar-refractivity contribution in [2.24, 2.45) is 0 Å². The van der Waals surface area contributed by atoms with Crippen molar-refractivity contribution in [2.45, 2.75) is 19.9 Å². The average Bonchev–Trinajstić information content (AvgIpc) is 2.37. The van der Waals surface area contributed by atoms with Gasteiger partial charge >= 0.3 is 0 Å². The summed E-state index contributed by atoms with van der Waals surface area (Å²) in [5.74, 6) is -1.71. The largest absolute Gasteiger partial charge is 0.214 e. The van der Waals surface area contributed by atoms with Crippen molar-refractivity contribution in [2.75, 3.05) is 18.2 Å². The van der Waals surface area contributed by atoms with Crippen LogP contribution in [0.25, 0.3) is 0 Å². The number of alkyl halides is 1. The summed E-state index contributed by atoms with van der Waals surface area (Å²) in [6, 6.07) is 3.37. The first-order valence-corrected chi connectivity index (χ1v) is 8.02. The van der Waals surface area contributed by atoms with Crippen molar-refractivity contribution in [3.05, 3.63) is 35.4 Å². The van der Waals surface area contributed by atoms with Gasteiger partial charge in [0.05, 0.1) is 5.75 Å². The smallest absolute Gasteiger partial charge is 0.212 e. The van der Waals surface area contributed by atoms with Crippen molar-refractivity contribution in [3.63, 3.8) is 0 Å². The fourth-order valence-electron chi connectivity index (χ4n) is 1.61. The molecule has 108 valence electrons. The van der Waals surface area contributed by atoms with E-state index in [1.54, 1.807) is 6.92 Å². The van der Waals surface area contributed by atoms with E-state index in [4.69, 9.17) is 11.6 Å². The zero-order valence-electron chi connectivity index (χ0n) is 10.6. The molecule has 0 bridgehead atoms. The highest BCUT2D eigenvalue weighted by Gasteiger charge is 2.20. The Morgan fingerprint density at radius 1 is 1.26 bits per heavy atom. The molecule has 7 heteroatoms. The lowest BCUT2D eigenvalue weighted by molar-refractivity contribution is 0.420. The lowest BCUT2D eigenvalue weighted by Gasteiger charge is -2.20. The van der Waals surface area contributed by atoms with Crippen LogP contribution >= 0.6 is 11.6 Å². The molecule has 0 spiro atoms. The van der Waals surface area contributed by atoms with Gasteiger partial charge < -0.3 is 0 Å². The first kappa shape index (κ1) is 16.3. The molecule has 0 aliphatic heterocycles. The minimum atomic E-state index is -3.42. The topological polar surface area (TPSA) is 37.4 Å². The third-order valence-electron chi connectivity index (χ3n) is 2.62. The monoisotopic (exact) mass is 311 g/mol. The van der Waals surface area contributed by atoms with Gasteiger partial charge in [-0.2, -0.15) is 4.31 Å². The lowest BCUT2D eigenvalue weighted by Crippen LogP contribution is -2.32. The van der Waals surface area contributed by atoms with Crippen molar-refractivity contribution in [3.8, 4) is 0 Å². The molecular weight excluding hydrogens is 296 g/mol. The average molecular weight is 312 g/mol.